The molecule has 0 radical (unpaired) electrons. The van der Waals surface area contributed by atoms with Crippen LogP contribution in [0.1, 0.15) is 48.5 Å². The number of hydrogen-bond donors (Lipinski definition) is 1. The molecule has 6 heteroatoms. The highest BCUT2D eigenvalue weighted by atomic mass is 16.1. The van der Waals surface area contributed by atoms with Gasteiger partial charge in [0.05, 0.1) is 12.1 Å². The van der Waals surface area contributed by atoms with Crippen LogP contribution >= 0.6 is 0 Å². The molecule has 1 saturated heterocycles. The number of piperidine rings is 1. The minimum Gasteiger partial charge on any atom is -0.369 e. The first-order chi connectivity index (χ1) is 12.6. The first-order valence-corrected chi connectivity index (χ1v) is 9.65. The average molecular weight is 353 g/mol. The van der Waals surface area contributed by atoms with Crippen molar-refractivity contribution in [3.63, 3.8) is 0 Å². The van der Waals surface area contributed by atoms with Gasteiger partial charge < -0.3 is 10.6 Å². The van der Waals surface area contributed by atoms with Gasteiger partial charge in [-0.2, -0.15) is 5.10 Å². The molecule has 6 nitrogen and oxygen atoms in total. The number of likely N-dealkylation sites (tertiary alicyclic amines) is 1. The number of nitrogens with zero attached hydrogens (tertiary/aromatic N) is 4. The Morgan fingerprint density at radius 1 is 1.23 bits per heavy atom. The van der Waals surface area contributed by atoms with Crippen molar-refractivity contribution in [2.45, 2.75) is 57.4 Å². The number of likely N-dealkylation sites (N-methyl/N-ethyl adjacent to an activating group) is 1. The maximum absolute atomic E-state index is 11.3. The summed E-state index contributed by atoms with van der Waals surface area (Å²) in [5.41, 5.74) is 9.27. The Labute approximate surface area is 154 Å². The Morgan fingerprint density at radius 2 is 2.08 bits per heavy atom. The van der Waals surface area contributed by atoms with Crippen LogP contribution in [0.25, 0.3) is 5.69 Å². The Balaban J connectivity index is 1.67. The second-order valence-electron chi connectivity index (χ2n) is 7.64. The number of rotatable bonds is 5. The Kier molecular flexibility index (Phi) is 4.76. The van der Waals surface area contributed by atoms with E-state index in [4.69, 9.17) is 5.73 Å². The molecule has 2 N–H and O–H groups in total. The molecule has 1 aliphatic carbocycles. The predicted molar refractivity (Wildman–Crippen MR) is 100 cm³/mol. The molecule has 1 amide bonds. The van der Waals surface area contributed by atoms with Crippen molar-refractivity contribution in [2.24, 2.45) is 5.73 Å². The maximum atomic E-state index is 11.3. The summed E-state index contributed by atoms with van der Waals surface area (Å²) in [4.78, 5) is 18.4. The number of amides is 1. The Bertz CT molecular complexity index is 813. The molecular formula is C20H27N5O. The van der Waals surface area contributed by atoms with E-state index < -0.39 is 5.91 Å². The third kappa shape index (κ3) is 3.51. The number of aromatic nitrogens is 3. The standard InChI is InChI=1S/C20H27N5O/c1-24-10-3-2-7-16(24)12-20-22-19(13-18(21)26)23-25(20)17-9-8-14-5-4-6-15(14)11-17/h8-9,11,16H,2-7,10,12-13H2,1H3,(H2,21,26). The SMILES string of the molecule is CN1CCCCC1Cc1nc(CC(N)=O)nn1-c1ccc2c(c1)CCC2. The molecule has 0 spiro atoms. The van der Waals surface area contributed by atoms with Gasteiger partial charge in [0, 0.05) is 12.5 Å². The summed E-state index contributed by atoms with van der Waals surface area (Å²) in [5, 5.41) is 4.62. The van der Waals surface area contributed by atoms with E-state index in [1.807, 2.05) is 4.68 Å². The molecule has 1 aliphatic heterocycles. The van der Waals surface area contributed by atoms with Crippen LogP contribution in [0.15, 0.2) is 18.2 Å². The molecule has 1 aromatic heterocycles. The fraction of sp³-hybridized carbons (Fsp3) is 0.550. The van der Waals surface area contributed by atoms with Gasteiger partial charge in [0.15, 0.2) is 5.82 Å². The van der Waals surface area contributed by atoms with Crippen LogP contribution in [-0.2, 0) is 30.5 Å². The zero-order valence-electron chi connectivity index (χ0n) is 15.4. The number of fused-ring (bicyclic) bond motifs is 1. The summed E-state index contributed by atoms with van der Waals surface area (Å²) in [6.07, 6.45) is 8.16. The third-order valence-corrected chi connectivity index (χ3v) is 5.72. The van der Waals surface area contributed by atoms with Gasteiger partial charge in [-0.1, -0.05) is 12.5 Å². The fourth-order valence-corrected chi connectivity index (χ4v) is 4.26. The number of aryl methyl sites for hydroxylation is 2. The lowest BCUT2D eigenvalue weighted by molar-refractivity contribution is -0.117. The van der Waals surface area contributed by atoms with Gasteiger partial charge >= 0.3 is 0 Å². The van der Waals surface area contributed by atoms with Crippen molar-refractivity contribution in [1.82, 2.24) is 19.7 Å². The number of nitrogens with two attached hydrogens (primary N) is 1. The summed E-state index contributed by atoms with van der Waals surface area (Å²) >= 11 is 0. The monoisotopic (exact) mass is 353 g/mol. The largest absolute Gasteiger partial charge is 0.369 e. The highest BCUT2D eigenvalue weighted by Gasteiger charge is 2.23. The normalized spacial score (nSPS) is 20.3. The van der Waals surface area contributed by atoms with Gasteiger partial charge in [-0.3, -0.25) is 4.79 Å². The van der Waals surface area contributed by atoms with E-state index >= 15 is 0 Å². The maximum Gasteiger partial charge on any atom is 0.225 e. The number of primary amides is 1. The number of benzene rings is 1. The molecule has 2 heterocycles. The molecule has 26 heavy (non-hydrogen) atoms. The second kappa shape index (κ2) is 7.19. The predicted octanol–water partition coefficient (Wildman–Crippen LogP) is 1.81. The first kappa shape index (κ1) is 17.2. The van der Waals surface area contributed by atoms with Gasteiger partial charge in [0.1, 0.15) is 5.82 Å². The van der Waals surface area contributed by atoms with Crippen LogP contribution in [0.3, 0.4) is 0 Å². The van der Waals surface area contributed by atoms with Crippen molar-refractivity contribution in [3.8, 4) is 5.69 Å². The van der Waals surface area contributed by atoms with Crippen LogP contribution in [0.5, 0.6) is 0 Å². The van der Waals surface area contributed by atoms with Crippen LogP contribution in [-0.4, -0.2) is 45.2 Å². The molecule has 0 bridgehead atoms. The molecule has 0 saturated carbocycles. The first-order valence-electron chi connectivity index (χ1n) is 9.65. The highest BCUT2D eigenvalue weighted by Crippen LogP contribution is 2.26. The van der Waals surface area contributed by atoms with Gasteiger partial charge in [0.2, 0.25) is 5.91 Å². The van der Waals surface area contributed by atoms with E-state index in [2.05, 4.69) is 40.2 Å². The number of carbonyl (C=O) groups excluding carboxylic acids is 1. The topological polar surface area (TPSA) is 77.0 Å². The van der Waals surface area contributed by atoms with E-state index in [0.717, 1.165) is 30.9 Å². The van der Waals surface area contributed by atoms with Crippen molar-refractivity contribution in [3.05, 3.63) is 41.0 Å². The van der Waals surface area contributed by atoms with Crippen molar-refractivity contribution >= 4 is 5.91 Å². The smallest absolute Gasteiger partial charge is 0.225 e. The molecule has 4 rings (SSSR count). The van der Waals surface area contributed by atoms with E-state index in [1.165, 1.54) is 43.2 Å². The lowest BCUT2D eigenvalue weighted by atomic mass is 10.00. The van der Waals surface area contributed by atoms with Gasteiger partial charge in [-0.15, -0.1) is 0 Å². The molecule has 2 aliphatic rings. The molecule has 1 atom stereocenters. The third-order valence-electron chi connectivity index (χ3n) is 5.72. The van der Waals surface area contributed by atoms with Crippen LogP contribution in [0.2, 0.25) is 0 Å². The van der Waals surface area contributed by atoms with Gasteiger partial charge in [-0.25, -0.2) is 9.67 Å². The molecule has 2 aromatic rings. The summed E-state index contributed by atoms with van der Waals surface area (Å²) in [6.45, 7) is 1.13. The van der Waals surface area contributed by atoms with Gasteiger partial charge in [0.25, 0.3) is 0 Å². The highest BCUT2D eigenvalue weighted by molar-refractivity contribution is 5.75. The van der Waals surface area contributed by atoms with Crippen LogP contribution in [0, 0.1) is 0 Å². The number of carbonyl (C=O) groups is 1. The number of hydrogen-bond acceptors (Lipinski definition) is 4. The molecular weight excluding hydrogens is 326 g/mol. The summed E-state index contributed by atoms with van der Waals surface area (Å²) in [5.74, 6) is 1.06. The summed E-state index contributed by atoms with van der Waals surface area (Å²) < 4.78 is 1.93. The van der Waals surface area contributed by atoms with Crippen molar-refractivity contribution in [1.29, 1.82) is 0 Å². The summed E-state index contributed by atoms with van der Waals surface area (Å²) in [6, 6.07) is 7.05. The summed E-state index contributed by atoms with van der Waals surface area (Å²) in [7, 11) is 2.18. The van der Waals surface area contributed by atoms with E-state index in [0.29, 0.717) is 11.9 Å². The molecule has 138 valence electrons. The minimum atomic E-state index is -0.391. The van der Waals surface area contributed by atoms with Crippen LogP contribution < -0.4 is 5.73 Å². The van der Waals surface area contributed by atoms with E-state index in [9.17, 15) is 4.79 Å². The molecule has 1 aromatic carbocycles. The van der Waals surface area contributed by atoms with Gasteiger partial charge in [-0.05, 0) is 69.0 Å². The van der Waals surface area contributed by atoms with Crippen molar-refractivity contribution < 1.29 is 4.79 Å². The Hall–Kier alpha value is -2.21. The van der Waals surface area contributed by atoms with E-state index in [1.54, 1.807) is 0 Å². The van der Waals surface area contributed by atoms with Crippen molar-refractivity contribution in [2.75, 3.05) is 13.6 Å². The zero-order chi connectivity index (χ0) is 18.1. The fourth-order valence-electron chi connectivity index (χ4n) is 4.26. The zero-order valence-corrected chi connectivity index (χ0v) is 15.4. The minimum absolute atomic E-state index is 0.0887. The van der Waals surface area contributed by atoms with E-state index in [-0.39, 0.29) is 6.42 Å². The lowest BCUT2D eigenvalue weighted by Crippen LogP contribution is -2.38. The average Bonchev–Trinajstić information content (AvgIpc) is 3.22. The lowest BCUT2D eigenvalue weighted by Gasteiger charge is -2.32. The quantitative estimate of drug-likeness (QED) is 0.889. The second-order valence-corrected chi connectivity index (χ2v) is 7.64. The Morgan fingerprint density at radius 3 is 2.88 bits per heavy atom. The molecule has 1 unspecified atom stereocenters. The van der Waals surface area contributed by atoms with Crippen LogP contribution in [0.4, 0.5) is 0 Å². The molecule has 1 fully saturated rings.